The molecule has 2 unspecified atom stereocenters. The van der Waals surface area contributed by atoms with Crippen molar-refractivity contribution in [3.05, 3.63) is 35.4 Å². The summed E-state index contributed by atoms with van der Waals surface area (Å²) in [5, 5.41) is 4.80. The van der Waals surface area contributed by atoms with Gasteiger partial charge in [-0.15, -0.1) is 0 Å². The largest absolute Gasteiger partial charge is 0.493 e. The number of ether oxygens (including phenoxy) is 2. The molecule has 0 aromatic heterocycles. The molecule has 5 rings (SSSR count). The van der Waals surface area contributed by atoms with Crippen LogP contribution in [0.3, 0.4) is 0 Å². The van der Waals surface area contributed by atoms with Crippen LogP contribution in [0, 0.1) is 5.89 Å². The van der Waals surface area contributed by atoms with Gasteiger partial charge >= 0.3 is 0 Å². The summed E-state index contributed by atoms with van der Waals surface area (Å²) in [6.07, 6.45) is 1.47. The van der Waals surface area contributed by atoms with Gasteiger partial charge in [-0.1, -0.05) is 18.2 Å². The zero-order valence-electron chi connectivity index (χ0n) is 17.6. The van der Waals surface area contributed by atoms with E-state index in [1.54, 1.807) is 6.08 Å². The lowest BCUT2D eigenvalue weighted by Crippen LogP contribution is -2.64. The van der Waals surface area contributed by atoms with E-state index in [9.17, 15) is 1.37 Å². The van der Waals surface area contributed by atoms with E-state index in [1.807, 2.05) is 7.05 Å². The van der Waals surface area contributed by atoms with E-state index in [0.717, 1.165) is 0 Å². The summed E-state index contributed by atoms with van der Waals surface area (Å²) < 4.78 is 54.2. The minimum atomic E-state index is -1.77. The topological polar surface area (TPSA) is 41.9 Å². The highest BCUT2D eigenvalue weighted by atomic mass is 16.5. The summed E-state index contributed by atoms with van der Waals surface area (Å²) >= 11 is 0. The van der Waals surface area contributed by atoms with E-state index in [1.165, 1.54) is 13.2 Å². The molecule has 1 aromatic rings. The Hall–Kier alpha value is -1.52. The predicted molar refractivity (Wildman–Crippen MR) is 82.5 cm³/mol. The van der Waals surface area contributed by atoms with E-state index in [2.05, 4.69) is 4.90 Å². The first-order valence-electron chi connectivity index (χ1n) is 10.1. The number of methoxy groups -OCH3 is 1. The number of likely N-dealkylation sites (tertiary alicyclic amines) is 1. The Morgan fingerprint density at radius 3 is 3.27 bits per heavy atom. The number of hydrogen-bond donors (Lipinski definition) is 1. The average molecular weight is 304 g/mol. The highest BCUT2D eigenvalue weighted by molar-refractivity contribution is 5.62. The van der Waals surface area contributed by atoms with Gasteiger partial charge in [0.25, 0.3) is 0 Å². The Kier molecular flexibility index (Phi) is 1.65. The number of hydrogen-bond acceptors (Lipinski definition) is 4. The van der Waals surface area contributed by atoms with Crippen LogP contribution in [0.25, 0.3) is 0 Å². The molecule has 1 spiro atoms. The average Bonchev–Trinajstić information content (AvgIpc) is 2.99. The molecule has 1 N–H and O–H groups in total. The van der Waals surface area contributed by atoms with Crippen molar-refractivity contribution in [3.63, 3.8) is 0 Å². The van der Waals surface area contributed by atoms with Crippen molar-refractivity contribution in [3.8, 4) is 11.5 Å². The quantitative estimate of drug-likeness (QED) is 0.841. The molecular weight excluding hydrogens is 278 g/mol. The number of rotatable bonds is 2. The number of nitrogens with zero attached hydrogens (tertiary/aromatic N) is 1. The third-order valence-electron chi connectivity index (χ3n) is 5.74. The maximum Gasteiger partial charge on any atom is 0.211 e. The summed E-state index contributed by atoms with van der Waals surface area (Å²) in [5.41, 5.74) is 0.490. The Labute approximate surface area is 137 Å². The third kappa shape index (κ3) is 1.28. The highest BCUT2D eigenvalue weighted by Gasteiger charge is 2.64. The summed E-state index contributed by atoms with van der Waals surface area (Å²) in [4.78, 5) is 2.12. The molecule has 4 aliphatic rings. The van der Waals surface area contributed by atoms with Crippen molar-refractivity contribution >= 4 is 0 Å². The van der Waals surface area contributed by atoms with Crippen LogP contribution in [0.5, 0.6) is 11.5 Å². The lowest BCUT2D eigenvalue weighted by atomic mass is 9.53. The summed E-state index contributed by atoms with van der Waals surface area (Å²) in [6, 6.07) is -0.164. The fourth-order valence-electron chi connectivity index (χ4n) is 4.75. The molecule has 2 bridgehead atoms. The Bertz CT molecular complexity index is 894. The Morgan fingerprint density at radius 2 is 2.45 bits per heavy atom. The molecule has 4 heteroatoms. The first-order valence-corrected chi connectivity index (χ1v) is 7.67. The van der Waals surface area contributed by atoms with Crippen LogP contribution in [0.1, 0.15) is 23.0 Å². The van der Waals surface area contributed by atoms with Gasteiger partial charge in [0.1, 0.15) is 12.2 Å². The molecule has 1 fully saturated rings. The molecule has 116 valence electrons. The number of benzene rings is 1. The second-order valence-electron chi connectivity index (χ2n) is 6.58. The van der Waals surface area contributed by atoms with Gasteiger partial charge < -0.3 is 19.5 Å². The molecule has 1 aromatic carbocycles. The normalized spacial score (nSPS) is 50.9. The minimum Gasteiger partial charge on any atom is -0.493 e. The van der Waals surface area contributed by atoms with Gasteiger partial charge in [0, 0.05) is 24.3 Å². The lowest BCUT2D eigenvalue weighted by Gasteiger charge is -2.56. The van der Waals surface area contributed by atoms with E-state index in [-0.39, 0.29) is 23.9 Å². The van der Waals surface area contributed by atoms with Crippen LogP contribution in [0.2, 0.25) is 0 Å². The van der Waals surface area contributed by atoms with Crippen LogP contribution < -0.4 is 9.47 Å². The van der Waals surface area contributed by atoms with Gasteiger partial charge in [-0.3, -0.25) is 0 Å². The summed E-state index contributed by atoms with van der Waals surface area (Å²) in [5.74, 6) is -0.572. The van der Waals surface area contributed by atoms with Crippen molar-refractivity contribution in [2.45, 2.75) is 36.5 Å². The molecule has 0 amide bonds. The molecule has 4 nitrogen and oxygen atoms in total. The van der Waals surface area contributed by atoms with Crippen LogP contribution in [-0.4, -0.2) is 50.4 Å². The van der Waals surface area contributed by atoms with Crippen LogP contribution >= 0.6 is 0 Å². The van der Waals surface area contributed by atoms with Gasteiger partial charge in [0.05, 0.1) is 11.2 Å². The fraction of sp³-hybridized carbons (Fsp3) is 0.556. The molecule has 0 radical (unpaired) electrons. The van der Waals surface area contributed by atoms with Crippen molar-refractivity contribution < 1.29 is 20.1 Å². The van der Waals surface area contributed by atoms with Gasteiger partial charge in [0.15, 0.2) is 11.5 Å². The molecule has 1 saturated heterocycles. The monoisotopic (exact) mass is 304 g/mol. The van der Waals surface area contributed by atoms with E-state index < -0.39 is 23.5 Å². The first kappa shape index (κ1) is 8.94. The first-order chi connectivity index (χ1) is 12.7. The predicted octanol–water partition coefficient (Wildman–Crippen LogP) is 1.50. The Balaban J connectivity index is 1.92. The summed E-state index contributed by atoms with van der Waals surface area (Å²) in [7, 11) is 3.40. The lowest BCUT2D eigenvalue weighted by molar-refractivity contribution is -0.0453. The van der Waals surface area contributed by atoms with Gasteiger partial charge in [-0.2, -0.15) is 0 Å². The molecule has 2 heterocycles. The maximum absolute atomic E-state index is 9.45. The SMILES string of the molecule is [2H]OC1([2H])C=C[C@@]2([2H])[C@H]3Cc4c([2H])c([2H])c(OC)c5c4[C@@]2(CCN3C)C1O5. The van der Waals surface area contributed by atoms with E-state index >= 15 is 0 Å². The van der Waals surface area contributed by atoms with Crippen molar-refractivity contribution in [1.82, 2.24) is 4.90 Å². The van der Waals surface area contributed by atoms with E-state index in [4.69, 9.17) is 20.1 Å². The zero-order valence-corrected chi connectivity index (χ0v) is 12.6. The van der Waals surface area contributed by atoms with Crippen LogP contribution in [-0.2, 0) is 11.8 Å². The standard InChI is InChI=1S/C18H21NO3/c1-19-8-7-18-11-4-5-13(20)17(18)22-16-14(21-2)6-3-10(15(16)18)9-12(11)19/h3-6,11-13,17,20H,7-9H2,1-2H3/t11-,12+,13?,17?,18-/m0/s1/i3D,6D,11D,13D,20D. The van der Waals surface area contributed by atoms with Crippen molar-refractivity contribution in [2.75, 3.05) is 20.7 Å². The zero-order chi connectivity index (χ0) is 19.4. The van der Waals surface area contributed by atoms with Gasteiger partial charge in [0.2, 0.25) is 1.43 Å². The van der Waals surface area contributed by atoms with Gasteiger partial charge in [-0.25, -0.2) is 0 Å². The molecular formula is C18H21NO3. The third-order valence-corrected chi connectivity index (χ3v) is 5.74. The van der Waals surface area contributed by atoms with Crippen LogP contribution in [0.15, 0.2) is 24.2 Å². The number of piperidine rings is 1. The van der Waals surface area contributed by atoms with Crippen LogP contribution in [0.4, 0.5) is 0 Å². The fourth-order valence-corrected chi connectivity index (χ4v) is 4.75. The second-order valence-corrected chi connectivity index (χ2v) is 6.58. The molecule has 2 aliphatic heterocycles. The molecule has 22 heavy (non-hydrogen) atoms. The second kappa shape index (κ2) is 4.06. The summed E-state index contributed by atoms with van der Waals surface area (Å²) in [6.45, 7) is 0.713. The molecule has 5 atom stereocenters. The highest BCUT2D eigenvalue weighted by Crippen LogP contribution is 2.62. The number of likely N-dealkylation sites (N-methyl/N-ethyl adjacent to an activating group) is 1. The van der Waals surface area contributed by atoms with Crippen molar-refractivity contribution in [1.29, 1.82) is 1.43 Å². The smallest absolute Gasteiger partial charge is 0.211 e. The molecule has 2 aliphatic carbocycles. The number of aliphatic hydroxyl groups is 1. The molecule has 0 saturated carbocycles. The maximum atomic E-state index is 9.45. The Morgan fingerprint density at radius 1 is 1.55 bits per heavy atom. The van der Waals surface area contributed by atoms with Gasteiger partial charge in [-0.05, 0) is 38.0 Å². The minimum absolute atomic E-state index is 0.0464. The van der Waals surface area contributed by atoms with Crippen molar-refractivity contribution in [2.24, 2.45) is 5.89 Å². The van der Waals surface area contributed by atoms with E-state index in [0.29, 0.717) is 36.3 Å².